The van der Waals surface area contributed by atoms with E-state index in [-0.39, 0.29) is 17.4 Å². The second-order valence-corrected chi connectivity index (χ2v) is 5.05. The van der Waals surface area contributed by atoms with Gasteiger partial charge in [0.2, 0.25) is 11.9 Å². The molecule has 1 atom stereocenters. The summed E-state index contributed by atoms with van der Waals surface area (Å²) in [6.07, 6.45) is 0. The monoisotopic (exact) mass is 295 g/mol. The number of nitrogens with one attached hydrogen (secondary N) is 2. The molecular formula is C12H14ClN5O2. The number of nitrogens with zero attached hydrogens (tertiary/aromatic N) is 3. The van der Waals surface area contributed by atoms with E-state index >= 15 is 0 Å². The zero-order chi connectivity index (χ0) is 14.9. The molecule has 2 N–H and O–H groups in total. The summed E-state index contributed by atoms with van der Waals surface area (Å²) in [6.45, 7) is 5.04. The molecule has 1 unspecified atom stereocenters. The average Bonchev–Trinajstić information content (AvgIpc) is 2.68. The second kappa shape index (κ2) is 5.46. The van der Waals surface area contributed by atoms with Gasteiger partial charge in [0.25, 0.3) is 5.56 Å². The maximum Gasteiger partial charge on any atom is 0.252 e. The fourth-order valence-electron chi connectivity index (χ4n) is 1.64. The third-order valence-electron chi connectivity index (χ3n) is 2.50. The molecule has 0 aliphatic rings. The van der Waals surface area contributed by atoms with Crippen molar-refractivity contribution in [2.45, 2.75) is 26.1 Å². The number of carbonyl (C=O) groups is 1. The first-order chi connectivity index (χ1) is 9.36. The number of rotatable bonds is 3. The number of anilines is 1. The van der Waals surface area contributed by atoms with Crippen molar-refractivity contribution in [3.8, 4) is 5.95 Å². The molecule has 1 amide bonds. The number of aryl methyl sites for hydroxylation is 2. The van der Waals surface area contributed by atoms with Crippen molar-refractivity contribution in [3.63, 3.8) is 0 Å². The number of amides is 1. The molecular weight excluding hydrogens is 282 g/mol. The molecule has 2 aromatic rings. The van der Waals surface area contributed by atoms with Crippen LogP contribution in [0.2, 0.25) is 0 Å². The first-order valence-corrected chi connectivity index (χ1v) is 6.40. The van der Waals surface area contributed by atoms with E-state index in [1.54, 1.807) is 26.8 Å². The first kappa shape index (κ1) is 14.3. The second-order valence-electron chi connectivity index (χ2n) is 4.40. The van der Waals surface area contributed by atoms with E-state index in [9.17, 15) is 9.59 Å². The highest BCUT2D eigenvalue weighted by atomic mass is 35.5. The summed E-state index contributed by atoms with van der Waals surface area (Å²) in [5.74, 6) is 0.275. The summed E-state index contributed by atoms with van der Waals surface area (Å²) in [5, 5.41) is 6.16. The number of carbonyl (C=O) groups excluding carboxylic acids is 1. The largest absolute Gasteiger partial charge is 0.309 e. The fraction of sp³-hybridized carbons (Fsp3) is 0.333. The van der Waals surface area contributed by atoms with E-state index in [2.05, 4.69) is 20.4 Å². The van der Waals surface area contributed by atoms with E-state index < -0.39 is 5.38 Å². The number of hydrogen-bond donors (Lipinski definition) is 2. The van der Waals surface area contributed by atoms with Crippen LogP contribution in [0.5, 0.6) is 0 Å². The van der Waals surface area contributed by atoms with Gasteiger partial charge >= 0.3 is 0 Å². The van der Waals surface area contributed by atoms with E-state index in [4.69, 9.17) is 11.6 Å². The van der Waals surface area contributed by atoms with Crippen molar-refractivity contribution >= 4 is 23.3 Å². The van der Waals surface area contributed by atoms with Crippen LogP contribution in [0.4, 0.5) is 5.82 Å². The minimum absolute atomic E-state index is 0.237. The lowest BCUT2D eigenvalue weighted by molar-refractivity contribution is -0.115. The molecule has 2 rings (SSSR count). The van der Waals surface area contributed by atoms with Gasteiger partial charge in [0.1, 0.15) is 11.2 Å². The Kier molecular flexibility index (Phi) is 3.89. The minimum atomic E-state index is -0.678. The maximum atomic E-state index is 11.7. The van der Waals surface area contributed by atoms with Gasteiger partial charge in [0.15, 0.2) is 0 Å². The molecule has 0 aromatic carbocycles. The molecule has 2 aromatic heterocycles. The molecule has 0 aliphatic carbocycles. The van der Waals surface area contributed by atoms with Gasteiger partial charge < -0.3 is 5.32 Å². The summed E-state index contributed by atoms with van der Waals surface area (Å²) in [7, 11) is 0. The van der Waals surface area contributed by atoms with Gasteiger partial charge in [-0.1, -0.05) is 0 Å². The standard InChI is InChI=1S/C12H14ClN5O2/c1-6-5-10(19)16-12(14-6)18-9(4-7(2)17-18)15-11(20)8(3)13/h4-5,8H,1-3H3,(H,15,20)(H,14,16,19). The molecule has 106 valence electrons. The summed E-state index contributed by atoms with van der Waals surface area (Å²) >= 11 is 5.72. The lowest BCUT2D eigenvalue weighted by Crippen LogP contribution is -2.23. The third-order valence-corrected chi connectivity index (χ3v) is 2.70. The van der Waals surface area contributed by atoms with Crippen LogP contribution in [0.3, 0.4) is 0 Å². The number of halogens is 1. The van der Waals surface area contributed by atoms with E-state index in [0.717, 1.165) is 0 Å². The Bertz CT molecular complexity index is 704. The van der Waals surface area contributed by atoms with Crippen molar-refractivity contribution in [1.29, 1.82) is 0 Å². The lowest BCUT2D eigenvalue weighted by atomic mass is 10.4. The zero-order valence-electron chi connectivity index (χ0n) is 11.3. The predicted molar refractivity (Wildman–Crippen MR) is 75.4 cm³/mol. The van der Waals surface area contributed by atoms with Crippen LogP contribution in [0, 0.1) is 13.8 Å². The van der Waals surface area contributed by atoms with Gasteiger partial charge in [-0.3, -0.25) is 14.6 Å². The van der Waals surface area contributed by atoms with E-state index in [1.807, 2.05) is 0 Å². The Morgan fingerprint density at radius 3 is 2.70 bits per heavy atom. The molecule has 0 fully saturated rings. The van der Waals surface area contributed by atoms with Gasteiger partial charge in [-0.05, 0) is 20.8 Å². The van der Waals surface area contributed by atoms with Crippen LogP contribution in [0.1, 0.15) is 18.3 Å². The van der Waals surface area contributed by atoms with Crippen molar-refractivity contribution in [2.24, 2.45) is 0 Å². The Labute approximate surface area is 120 Å². The number of hydrogen-bond acceptors (Lipinski definition) is 4. The molecule has 8 heteroatoms. The molecule has 0 saturated heterocycles. The van der Waals surface area contributed by atoms with Crippen molar-refractivity contribution < 1.29 is 4.79 Å². The van der Waals surface area contributed by atoms with E-state index in [0.29, 0.717) is 17.2 Å². The lowest BCUT2D eigenvalue weighted by Gasteiger charge is -2.09. The van der Waals surface area contributed by atoms with Crippen LogP contribution in [-0.4, -0.2) is 31.0 Å². The van der Waals surface area contributed by atoms with Crippen LogP contribution >= 0.6 is 11.6 Å². The van der Waals surface area contributed by atoms with Crippen molar-refractivity contribution in [1.82, 2.24) is 19.7 Å². The van der Waals surface area contributed by atoms with E-state index in [1.165, 1.54) is 10.7 Å². The van der Waals surface area contributed by atoms with Gasteiger partial charge in [-0.25, -0.2) is 4.98 Å². The number of H-pyrrole nitrogens is 1. The highest BCUT2D eigenvalue weighted by Crippen LogP contribution is 2.14. The van der Waals surface area contributed by atoms with Crippen LogP contribution in [0.25, 0.3) is 5.95 Å². The molecule has 0 aliphatic heterocycles. The van der Waals surface area contributed by atoms with Gasteiger partial charge in [0.05, 0.1) is 5.69 Å². The average molecular weight is 296 g/mol. The van der Waals surface area contributed by atoms with Gasteiger partial charge in [0, 0.05) is 17.8 Å². The van der Waals surface area contributed by atoms with Gasteiger partial charge in [-0.15, -0.1) is 11.6 Å². The summed E-state index contributed by atoms with van der Waals surface area (Å²) < 4.78 is 1.36. The molecule has 0 radical (unpaired) electrons. The number of aromatic nitrogens is 4. The Morgan fingerprint density at radius 1 is 1.40 bits per heavy atom. The molecule has 0 bridgehead atoms. The number of aromatic amines is 1. The Balaban J connectivity index is 2.46. The summed E-state index contributed by atoms with van der Waals surface area (Å²) in [4.78, 5) is 29.9. The molecule has 2 heterocycles. The summed E-state index contributed by atoms with van der Waals surface area (Å²) in [5.41, 5.74) is 0.940. The normalized spacial score (nSPS) is 12.2. The predicted octanol–water partition coefficient (Wildman–Crippen LogP) is 1.14. The highest BCUT2D eigenvalue weighted by Gasteiger charge is 2.15. The number of alkyl halides is 1. The fourth-order valence-corrected chi connectivity index (χ4v) is 1.69. The molecule has 0 spiro atoms. The first-order valence-electron chi connectivity index (χ1n) is 5.97. The summed E-state index contributed by atoms with van der Waals surface area (Å²) in [6, 6.07) is 3.04. The topological polar surface area (TPSA) is 92.7 Å². The molecule has 20 heavy (non-hydrogen) atoms. The third kappa shape index (κ3) is 3.05. The molecule has 0 saturated carbocycles. The SMILES string of the molecule is Cc1cc(=O)[nH]c(-n2nc(C)cc2NC(=O)C(C)Cl)n1. The van der Waals surface area contributed by atoms with Gasteiger partial charge in [-0.2, -0.15) is 9.78 Å². The van der Waals surface area contributed by atoms with Crippen LogP contribution in [-0.2, 0) is 4.79 Å². The quantitative estimate of drug-likeness (QED) is 0.830. The maximum absolute atomic E-state index is 11.7. The highest BCUT2D eigenvalue weighted by molar-refractivity contribution is 6.32. The Morgan fingerprint density at radius 2 is 2.10 bits per heavy atom. The smallest absolute Gasteiger partial charge is 0.252 e. The Hall–Kier alpha value is -2.15. The van der Waals surface area contributed by atoms with Crippen LogP contribution in [0.15, 0.2) is 16.9 Å². The van der Waals surface area contributed by atoms with Crippen molar-refractivity contribution in [2.75, 3.05) is 5.32 Å². The minimum Gasteiger partial charge on any atom is -0.309 e. The van der Waals surface area contributed by atoms with Crippen LogP contribution < -0.4 is 10.9 Å². The zero-order valence-corrected chi connectivity index (χ0v) is 12.0. The molecule has 7 nitrogen and oxygen atoms in total. The van der Waals surface area contributed by atoms with Crippen molar-refractivity contribution in [3.05, 3.63) is 33.9 Å².